The van der Waals surface area contributed by atoms with Crippen LogP contribution in [0.25, 0.3) is 0 Å². The molecular weight excluding hydrogens is 489 g/mol. The number of rotatable bonds is 4. The number of alkyl halides is 3. The third-order valence-electron chi connectivity index (χ3n) is 5.37. The number of benzene rings is 2. The normalized spacial score (nSPS) is 13.9. The summed E-state index contributed by atoms with van der Waals surface area (Å²) in [6, 6.07) is 10.7. The van der Waals surface area contributed by atoms with E-state index in [9.17, 15) is 31.5 Å². The zero-order valence-corrected chi connectivity index (χ0v) is 18.4. The largest absolute Gasteiger partial charge is 0.418 e. The summed E-state index contributed by atoms with van der Waals surface area (Å²) >= 11 is 0. The van der Waals surface area contributed by atoms with Gasteiger partial charge in [-0.15, -0.1) is 10.2 Å². The Balaban J connectivity index is 1.34. The third-order valence-corrected chi connectivity index (χ3v) is 5.37. The van der Waals surface area contributed by atoms with Crippen LogP contribution in [0.2, 0.25) is 0 Å². The van der Waals surface area contributed by atoms with E-state index in [1.807, 2.05) is 0 Å². The molecule has 2 heterocycles. The maximum absolute atomic E-state index is 13.7. The standard InChI is InChI=1S/C23H18F5N5O3/c24-16-6-3-7-17(20(16)25)29-22(35)36-19-9-8-18(30-31-19)32-10-12-33(13-11-32)21(34)14-4-1-2-5-15(14)23(26,27)28/h1-9H,10-13H2,(H,29,35). The summed E-state index contributed by atoms with van der Waals surface area (Å²) in [5.41, 5.74) is -1.80. The molecule has 2 amide bonds. The fourth-order valence-electron chi connectivity index (χ4n) is 3.59. The topological polar surface area (TPSA) is 87.7 Å². The van der Waals surface area contributed by atoms with E-state index in [0.717, 1.165) is 24.3 Å². The zero-order valence-electron chi connectivity index (χ0n) is 18.4. The highest BCUT2D eigenvalue weighted by molar-refractivity contribution is 5.96. The third kappa shape index (κ3) is 5.50. The molecule has 1 saturated heterocycles. The Morgan fingerprint density at radius 2 is 1.61 bits per heavy atom. The fourth-order valence-corrected chi connectivity index (χ4v) is 3.59. The molecule has 0 radical (unpaired) electrons. The minimum Gasteiger partial charge on any atom is -0.389 e. The molecule has 0 saturated carbocycles. The van der Waals surface area contributed by atoms with Gasteiger partial charge in [0.2, 0.25) is 5.88 Å². The van der Waals surface area contributed by atoms with Crippen molar-refractivity contribution in [1.82, 2.24) is 15.1 Å². The number of ether oxygens (including phenoxy) is 1. The van der Waals surface area contributed by atoms with Gasteiger partial charge in [0.1, 0.15) is 0 Å². The minimum atomic E-state index is -4.64. The molecular formula is C23H18F5N5O3. The average Bonchev–Trinajstić information content (AvgIpc) is 2.86. The summed E-state index contributed by atoms with van der Waals surface area (Å²) in [6.45, 7) is 0.890. The van der Waals surface area contributed by atoms with Crippen molar-refractivity contribution in [2.24, 2.45) is 0 Å². The first kappa shape index (κ1) is 24.8. The number of anilines is 2. The van der Waals surface area contributed by atoms with E-state index in [4.69, 9.17) is 4.74 Å². The highest BCUT2D eigenvalue weighted by Crippen LogP contribution is 2.32. The molecule has 0 aliphatic carbocycles. The van der Waals surface area contributed by atoms with Crippen LogP contribution in [0.1, 0.15) is 15.9 Å². The molecule has 0 spiro atoms. The molecule has 188 valence electrons. The molecule has 8 nitrogen and oxygen atoms in total. The lowest BCUT2D eigenvalue weighted by Gasteiger charge is -2.35. The lowest BCUT2D eigenvalue weighted by molar-refractivity contribution is -0.138. The van der Waals surface area contributed by atoms with Crippen LogP contribution in [-0.2, 0) is 6.18 Å². The van der Waals surface area contributed by atoms with Gasteiger partial charge in [0.15, 0.2) is 17.5 Å². The molecule has 36 heavy (non-hydrogen) atoms. The van der Waals surface area contributed by atoms with Crippen molar-refractivity contribution < 1.29 is 36.3 Å². The second kappa shape index (κ2) is 10.1. The molecule has 1 N–H and O–H groups in total. The Hall–Kier alpha value is -4.29. The second-order valence-electron chi connectivity index (χ2n) is 7.67. The van der Waals surface area contributed by atoms with E-state index in [1.165, 1.54) is 35.2 Å². The summed E-state index contributed by atoms with van der Waals surface area (Å²) in [6.07, 6.45) is -5.75. The van der Waals surface area contributed by atoms with Crippen molar-refractivity contribution in [1.29, 1.82) is 0 Å². The van der Waals surface area contributed by atoms with E-state index in [0.29, 0.717) is 5.82 Å². The molecule has 1 fully saturated rings. The van der Waals surface area contributed by atoms with Crippen molar-refractivity contribution in [3.05, 3.63) is 77.4 Å². The van der Waals surface area contributed by atoms with Crippen molar-refractivity contribution in [3.63, 3.8) is 0 Å². The molecule has 1 aliphatic rings. The predicted molar refractivity (Wildman–Crippen MR) is 118 cm³/mol. The van der Waals surface area contributed by atoms with Gasteiger partial charge in [-0.3, -0.25) is 10.1 Å². The van der Waals surface area contributed by atoms with Gasteiger partial charge in [-0.1, -0.05) is 18.2 Å². The van der Waals surface area contributed by atoms with Crippen molar-refractivity contribution in [2.75, 3.05) is 36.4 Å². The maximum atomic E-state index is 13.7. The van der Waals surface area contributed by atoms with Crippen LogP contribution < -0.4 is 15.0 Å². The summed E-state index contributed by atoms with van der Waals surface area (Å²) in [5.74, 6) is -2.90. The van der Waals surface area contributed by atoms with Crippen LogP contribution >= 0.6 is 0 Å². The van der Waals surface area contributed by atoms with E-state index < -0.39 is 46.6 Å². The minimum absolute atomic E-state index is 0.159. The smallest absolute Gasteiger partial charge is 0.389 e. The molecule has 0 bridgehead atoms. The lowest BCUT2D eigenvalue weighted by Crippen LogP contribution is -2.49. The number of amides is 2. The number of carbonyl (C=O) groups excluding carboxylic acids is 2. The first-order valence-corrected chi connectivity index (χ1v) is 10.6. The summed E-state index contributed by atoms with van der Waals surface area (Å²) in [7, 11) is 0. The molecule has 4 rings (SSSR count). The Morgan fingerprint density at radius 1 is 0.889 bits per heavy atom. The van der Waals surface area contributed by atoms with E-state index in [-0.39, 0.29) is 32.1 Å². The molecule has 3 aromatic rings. The van der Waals surface area contributed by atoms with E-state index >= 15 is 0 Å². The Kier molecular flexibility index (Phi) is 6.99. The van der Waals surface area contributed by atoms with Crippen LogP contribution in [0.4, 0.5) is 38.3 Å². The number of nitrogens with one attached hydrogen (secondary N) is 1. The highest BCUT2D eigenvalue weighted by Gasteiger charge is 2.36. The van der Waals surface area contributed by atoms with E-state index in [1.54, 1.807) is 4.90 Å². The van der Waals surface area contributed by atoms with Gasteiger partial charge >= 0.3 is 12.3 Å². The van der Waals surface area contributed by atoms with Crippen LogP contribution in [0.3, 0.4) is 0 Å². The summed E-state index contributed by atoms with van der Waals surface area (Å²) < 4.78 is 71.6. The van der Waals surface area contributed by atoms with Crippen LogP contribution in [-0.4, -0.2) is 53.3 Å². The molecule has 13 heteroatoms. The highest BCUT2D eigenvalue weighted by atomic mass is 19.4. The predicted octanol–water partition coefficient (Wildman–Crippen LogP) is 4.35. The van der Waals surface area contributed by atoms with Gasteiger partial charge in [0.25, 0.3) is 5.91 Å². The van der Waals surface area contributed by atoms with Gasteiger partial charge in [0, 0.05) is 32.2 Å². The van der Waals surface area contributed by atoms with Crippen molar-refractivity contribution >= 4 is 23.5 Å². The van der Waals surface area contributed by atoms with Gasteiger partial charge in [-0.2, -0.15) is 13.2 Å². The summed E-state index contributed by atoms with van der Waals surface area (Å²) in [5, 5.41) is 9.78. The molecule has 0 unspecified atom stereocenters. The number of carbonyl (C=O) groups is 2. The monoisotopic (exact) mass is 507 g/mol. The number of piperazine rings is 1. The molecule has 1 aromatic heterocycles. The zero-order chi connectivity index (χ0) is 25.9. The first-order chi connectivity index (χ1) is 17.1. The maximum Gasteiger partial charge on any atom is 0.418 e. The first-order valence-electron chi connectivity index (χ1n) is 10.6. The Bertz CT molecular complexity index is 1260. The molecule has 0 atom stereocenters. The lowest BCUT2D eigenvalue weighted by atomic mass is 10.1. The number of hydrogen-bond donors (Lipinski definition) is 1. The fraction of sp³-hybridized carbons (Fsp3) is 0.217. The molecule has 1 aliphatic heterocycles. The van der Waals surface area contributed by atoms with Gasteiger partial charge in [-0.05, 0) is 30.3 Å². The van der Waals surface area contributed by atoms with Gasteiger partial charge in [-0.25, -0.2) is 13.6 Å². The quantitative estimate of drug-likeness (QED) is 0.529. The van der Waals surface area contributed by atoms with Crippen molar-refractivity contribution in [2.45, 2.75) is 6.18 Å². The van der Waals surface area contributed by atoms with Crippen LogP contribution in [0, 0.1) is 11.6 Å². The van der Waals surface area contributed by atoms with Crippen molar-refractivity contribution in [3.8, 4) is 5.88 Å². The molecule has 2 aromatic carbocycles. The number of halogens is 5. The summed E-state index contributed by atoms with van der Waals surface area (Å²) in [4.78, 5) is 27.7. The number of aromatic nitrogens is 2. The van der Waals surface area contributed by atoms with E-state index in [2.05, 4.69) is 15.5 Å². The van der Waals surface area contributed by atoms with Gasteiger partial charge in [0.05, 0.1) is 16.8 Å². The van der Waals surface area contributed by atoms with Crippen LogP contribution in [0.15, 0.2) is 54.6 Å². The Morgan fingerprint density at radius 3 is 2.28 bits per heavy atom. The number of hydrogen-bond acceptors (Lipinski definition) is 6. The van der Waals surface area contributed by atoms with Crippen LogP contribution in [0.5, 0.6) is 5.88 Å². The average molecular weight is 507 g/mol. The Labute approximate surface area is 201 Å². The van der Waals surface area contributed by atoms with Gasteiger partial charge < -0.3 is 14.5 Å². The number of nitrogens with zero attached hydrogens (tertiary/aromatic N) is 4. The SMILES string of the molecule is O=C(Nc1cccc(F)c1F)Oc1ccc(N2CCN(C(=O)c3ccccc3C(F)(F)F)CC2)nn1. The second-order valence-corrected chi connectivity index (χ2v) is 7.67.